The van der Waals surface area contributed by atoms with Crippen molar-refractivity contribution in [3.8, 4) is 50.5 Å². The third kappa shape index (κ3) is 11.4. The average Bonchev–Trinajstić information content (AvgIpc) is 0.787. The Morgan fingerprint density at radius 3 is 1.28 bits per heavy atom. The second kappa shape index (κ2) is 26.0. The molecule has 15 rings (SSSR count). The van der Waals surface area contributed by atoms with Crippen molar-refractivity contribution in [2.24, 2.45) is 0 Å². The predicted octanol–water partition coefficient (Wildman–Crippen LogP) is 23.7. The number of hydrogen-bond acceptors (Lipinski definition) is 5. The van der Waals surface area contributed by atoms with E-state index >= 15 is 0 Å². The largest absolute Gasteiger partial charge is 0.337 e. The minimum atomic E-state index is 0.655. The number of allylic oxidation sites excluding steroid dienone is 2. The molecule has 0 amide bonds. The number of anilines is 8. The highest BCUT2D eigenvalue weighted by Gasteiger charge is 2.23. The van der Waals surface area contributed by atoms with Crippen molar-refractivity contribution in [3.63, 3.8) is 0 Å². The van der Waals surface area contributed by atoms with Crippen molar-refractivity contribution in [2.45, 2.75) is 19.3 Å². The number of para-hydroxylation sites is 4. The van der Waals surface area contributed by atoms with Crippen LogP contribution in [0.4, 0.5) is 45.5 Å². The van der Waals surface area contributed by atoms with Gasteiger partial charge in [-0.05, 0) is 185 Å². The maximum atomic E-state index is 5.92. The molecule has 15 aromatic rings. The fourth-order valence-electron chi connectivity index (χ4n) is 13.4. The molecule has 0 unspecified atom stereocenters. The zero-order valence-corrected chi connectivity index (χ0v) is 52.3. The van der Waals surface area contributed by atoms with E-state index in [4.69, 9.17) is 9.97 Å². The van der Waals surface area contributed by atoms with E-state index in [0.717, 1.165) is 137 Å². The van der Waals surface area contributed by atoms with E-state index in [1.807, 2.05) is 18.2 Å². The van der Waals surface area contributed by atoms with Crippen LogP contribution < -0.4 is 14.7 Å². The van der Waals surface area contributed by atoms with E-state index < -0.39 is 0 Å². The lowest BCUT2D eigenvalue weighted by molar-refractivity contribution is 0.901. The molecular weight excluding hydrogens is 1140 g/mol. The first-order chi connectivity index (χ1) is 46.5. The standard InChI is InChI=1S/C88H68N6/c1-4-7-29-80-61-71-28-19-21-35-84(71)94(80)79-54-52-78(53-55-79)93(74-32-12-9-13-33-74)76-46-42-66(43-47-76)86-85(89-87-81(69-38-36-62-23-14-16-26-67(62)59-69)56-57-82(88(87)90-86)70-39-37-63-24-15-17-27-68(63)60-70)65-40-44-75(45-41-65)92(73-30-10-8-11-31-73)77-50-48-72(49-51-77)91(58-6-3)83-34-20-18-25-64(83)22-5-2/h4-6,8-21,23-28,30-57,59-61H,1-3,7,22,29,58H2. The van der Waals surface area contributed by atoms with Crippen LogP contribution in [0.5, 0.6) is 0 Å². The second-order valence-corrected chi connectivity index (χ2v) is 23.7. The maximum Gasteiger partial charge on any atom is 0.0979 e. The van der Waals surface area contributed by atoms with Gasteiger partial charge < -0.3 is 19.3 Å². The highest BCUT2D eigenvalue weighted by Crippen LogP contribution is 2.44. The van der Waals surface area contributed by atoms with E-state index in [2.05, 4.69) is 348 Å². The lowest BCUT2D eigenvalue weighted by atomic mass is 9.94. The third-order valence-electron chi connectivity index (χ3n) is 17.9. The van der Waals surface area contributed by atoms with Crippen LogP contribution in [-0.2, 0) is 12.8 Å². The fourth-order valence-corrected chi connectivity index (χ4v) is 13.4. The lowest BCUT2D eigenvalue weighted by Gasteiger charge is -2.28. The van der Waals surface area contributed by atoms with Crippen molar-refractivity contribution in [1.29, 1.82) is 0 Å². The van der Waals surface area contributed by atoms with Crippen molar-refractivity contribution in [2.75, 3.05) is 21.2 Å². The number of fused-ring (bicyclic) bond motifs is 4. The number of benzene rings is 13. The van der Waals surface area contributed by atoms with Gasteiger partial charge in [-0.15, -0.1) is 19.7 Å². The summed E-state index contributed by atoms with van der Waals surface area (Å²) >= 11 is 0. The van der Waals surface area contributed by atoms with Crippen LogP contribution in [0.25, 0.3) is 93.9 Å². The van der Waals surface area contributed by atoms with Crippen LogP contribution in [0.15, 0.2) is 347 Å². The van der Waals surface area contributed by atoms with Crippen LogP contribution in [0.1, 0.15) is 17.7 Å². The van der Waals surface area contributed by atoms with Crippen LogP contribution in [0.2, 0.25) is 0 Å². The number of nitrogens with zero attached hydrogens (tertiary/aromatic N) is 6. The zero-order chi connectivity index (χ0) is 63.3. The fraction of sp³-hybridized carbons (Fsp3) is 0.0455. The Bertz CT molecular complexity index is 5250. The molecule has 0 saturated heterocycles. The molecule has 0 aliphatic rings. The Balaban J connectivity index is 0.877. The van der Waals surface area contributed by atoms with Gasteiger partial charge in [0.25, 0.3) is 0 Å². The zero-order valence-electron chi connectivity index (χ0n) is 52.3. The van der Waals surface area contributed by atoms with E-state index in [-0.39, 0.29) is 0 Å². The van der Waals surface area contributed by atoms with E-state index in [9.17, 15) is 0 Å². The predicted molar refractivity (Wildman–Crippen MR) is 399 cm³/mol. The molecule has 0 aliphatic carbocycles. The van der Waals surface area contributed by atoms with Gasteiger partial charge in [-0.3, -0.25) is 0 Å². The molecule has 0 atom stereocenters. The molecule has 94 heavy (non-hydrogen) atoms. The van der Waals surface area contributed by atoms with Gasteiger partial charge >= 0.3 is 0 Å². The number of hydrogen-bond donors (Lipinski definition) is 0. The SMILES string of the molecule is C=CCCc1cc2ccccc2n1-c1ccc(N(c2ccccc2)c2ccc(-c3nc4c(-c5ccc6ccccc6c5)ccc(-c5ccc6ccccc6c5)c4nc3-c3ccc(N(c4ccccc4)c4ccc(N(CC=C)c5ccccc5CC=C)cc4)cc3)cc2)cc1. The summed E-state index contributed by atoms with van der Waals surface area (Å²) in [6.07, 6.45) is 8.49. The summed E-state index contributed by atoms with van der Waals surface area (Å²) in [5.74, 6) is 0. The number of aromatic nitrogens is 3. The summed E-state index contributed by atoms with van der Waals surface area (Å²) in [5, 5.41) is 5.92. The van der Waals surface area contributed by atoms with E-state index in [1.54, 1.807) is 0 Å². The molecule has 0 saturated carbocycles. The van der Waals surface area contributed by atoms with Gasteiger partial charge in [0.1, 0.15) is 0 Å². The third-order valence-corrected chi connectivity index (χ3v) is 17.9. The topological polar surface area (TPSA) is 40.4 Å². The molecule has 2 heterocycles. The molecule has 0 N–H and O–H groups in total. The van der Waals surface area contributed by atoms with Gasteiger partial charge in [0.15, 0.2) is 0 Å². The molecule has 0 bridgehead atoms. The van der Waals surface area contributed by atoms with E-state index in [1.165, 1.54) is 32.9 Å². The van der Waals surface area contributed by atoms with Gasteiger partial charge in [0, 0.05) is 91.1 Å². The van der Waals surface area contributed by atoms with Crippen LogP contribution >= 0.6 is 0 Å². The van der Waals surface area contributed by atoms with Gasteiger partial charge in [0.2, 0.25) is 0 Å². The summed E-state index contributed by atoms with van der Waals surface area (Å²) in [5.41, 5.74) is 22.4. The first-order valence-electron chi connectivity index (χ1n) is 32.2. The Hall–Kier alpha value is -12.1. The Labute approximate surface area is 549 Å². The van der Waals surface area contributed by atoms with Crippen molar-refractivity contribution < 1.29 is 0 Å². The normalized spacial score (nSPS) is 11.3. The highest BCUT2D eigenvalue weighted by molar-refractivity contribution is 6.05. The maximum absolute atomic E-state index is 5.92. The van der Waals surface area contributed by atoms with Crippen molar-refractivity contribution in [1.82, 2.24) is 14.5 Å². The summed E-state index contributed by atoms with van der Waals surface area (Å²) in [4.78, 5) is 18.8. The molecule has 2 aromatic heterocycles. The average molecular weight is 1210 g/mol. The molecule has 0 spiro atoms. The molecule has 0 radical (unpaired) electrons. The Morgan fingerprint density at radius 1 is 0.340 bits per heavy atom. The summed E-state index contributed by atoms with van der Waals surface area (Å²) in [7, 11) is 0. The quantitative estimate of drug-likeness (QED) is 0.0711. The van der Waals surface area contributed by atoms with Crippen molar-refractivity contribution in [3.05, 3.63) is 359 Å². The minimum absolute atomic E-state index is 0.655. The minimum Gasteiger partial charge on any atom is -0.337 e. The molecule has 0 aliphatic heterocycles. The first-order valence-corrected chi connectivity index (χ1v) is 32.2. The molecule has 0 fully saturated rings. The molecular formula is C88H68N6. The van der Waals surface area contributed by atoms with E-state index in [0.29, 0.717) is 6.54 Å². The van der Waals surface area contributed by atoms with Crippen LogP contribution in [-0.4, -0.2) is 21.1 Å². The molecule has 450 valence electrons. The monoisotopic (exact) mass is 1210 g/mol. The summed E-state index contributed by atoms with van der Waals surface area (Å²) < 4.78 is 2.39. The van der Waals surface area contributed by atoms with Gasteiger partial charge in [-0.2, -0.15) is 0 Å². The highest BCUT2D eigenvalue weighted by atomic mass is 15.2. The Morgan fingerprint density at radius 2 is 0.766 bits per heavy atom. The van der Waals surface area contributed by atoms with Crippen LogP contribution in [0, 0.1) is 0 Å². The van der Waals surface area contributed by atoms with Gasteiger partial charge in [0.05, 0.1) is 27.9 Å². The summed E-state index contributed by atoms with van der Waals surface area (Å²) in [6, 6.07) is 111. The Kier molecular flexibility index (Phi) is 16.1. The lowest BCUT2D eigenvalue weighted by Crippen LogP contribution is -2.18. The smallest absolute Gasteiger partial charge is 0.0979 e. The molecule has 6 heteroatoms. The first kappa shape index (κ1) is 58.3. The number of aryl methyl sites for hydroxylation is 1. The van der Waals surface area contributed by atoms with Crippen molar-refractivity contribution >= 4 is 89.0 Å². The molecule has 6 nitrogen and oxygen atoms in total. The summed E-state index contributed by atoms with van der Waals surface area (Å²) in [6.45, 7) is 12.9. The van der Waals surface area contributed by atoms with Crippen LogP contribution in [0.3, 0.4) is 0 Å². The van der Waals surface area contributed by atoms with Gasteiger partial charge in [-0.1, -0.05) is 200 Å². The molecule has 13 aromatic carbocycles. The number of rotatable bonds is 20. The van der Waals surface area contributed by atoms with Gasteiger partial charge in [-0.25, -0.2) is 9.97 Å². The second-order valence-electron chi connectivity index (χ2n) is 23.7.